The first kappa shape index (κ1) is 10.1. The second kappa shape index (κ2) is 4.08. The highest BCUT2D eigenvalue weighted by molar-refractivity contribution is 5.23. The third-order valence-electron chi connectivity index (χ3n) is 4.28. The molecule has 0 radical (unpaired) electrons. The molecule has 2 nitrogen and oxygen atoms in total. The number of nitrogens with zero attached hydrogens (tertiary/aromatic N) is 1. The van der Waals surface area contributed by atoms with E-state index >= 15 is 0 Å². The summed E-state index contributed by atoms with van der Waals surface area (Å²) < 4.78 is 5.86. The van der Waals surface area contributed by atoms with E-state index < -0.39 is 0 Å². The molecule has 0 spiro atoms. The summed E-state index contributed by atoms with van der Waals surface area (Å²) >= 11 is 0. The Balaban J connectivity index is 1.59. The van der Waals surface area contributed by atoms with Crippen molar-refractivity contribution in [1.29, 1.82) is 0 Å². The first-order chi connectivity index (χ1) is 7.83. The van der Waals surface area contributed by atoms with Gasteiger partial charge in [-0.15, -0.1) is 0 Å². The largest absolute Gasteiger partial charge is 0.477 e. The van der Waals surface area contributed by atoms with E-state index in [1.165, 1.54) is 25.7 Å². The predicted octanol–water partition coefficient (Wildman–Crippen LogP) is 3.21. The number of hydrogen-bond donors (Lipinski definition) is 0. The van der Waals surface area contributed by atoms with Crippen LogP contribution >= 0.6 is 0 Å². The van der Waals surface area contributed by atoms with Gasteiger partial charge < -0.3 is 4.74 Å². The molecule has 3 unspecified atom stereocenters. The van der Waals surface area contributed by atoms with Crippen molar-refractivity contribution in [3.63, 3.8) is 0 Å². The Hall–Kier alpha value is -1.05. The molecule has 2 bridgehead atoms. The molecular formula is C14H19NO. The first-order valence-corrected chi connectivity index (χ1v) is 6.37. The Morgan fingerprint density at radius 1 is 1.38 bits per heavy atom. The zero-order valence-electron chi connectivity index (χ0n) is 9.86. The molecule has 2 fully saturated rings. The lowest BCUT2D eigenvalue weighted by Crippen LogP contribution is -2.19. The fourth-order valence-corrected chi connectivity index (χ4v) is 3.39. The number of ether oxygens (including phenoxy) is 1. The summed E-state index contributed by atoms with van der Waals surface area (Å²) in [5.74, 6) is 3.56. The van der Waals surface area contributed by atoms with Crippen LogP contribution in [-0.4, -0.2) is 11.6 Å². The summed E-state index contributed by atoms with van der Waals surface area (Å²) in [5, 5.41) is 0. The third-order valence-corrected chi connectivity index (χ3v) is 4.28. The highest BCUT2D eigenvalue weighted by Gasteiger charge is 2.39. The van der Waals surface area contributed by atoms with E-state index in [4.69, 9.17) is 4.74 Å². The van der Waals surface area contributed by atoms with Crippen LogP contribution in [0.5, 0.6) is 5.88 Å². The van der Waals surface area contributed by atoms with Gasteiger partial charge in [-0.2, -0.15) is 0 Å². The highest BCUT2D eigenvalue weighted by Crippen LogP contribution is 2.48. The van der Waals surface area contributed by atoms with Crippen molar-refractivity contribution in [1.82, 2.24) is 4.98 Å². The van der Waals surface area contributed by atoms with Crippen LogP contribution in [0.3, 0.4) is 0 Å². The van der Waals surface area contributed by atoms with Crippen LogP contribution in [0, 0.1) is 24.7 Å². The number of rotatable bonds is 3. The molecule has 0 aromatic carbocycles. The van der Waals surface area contributed by atoms with Gasteiger partial charge in [-0.05, 0) is 50.0 Å². The third kappa shape index (κ3) is 1.81. The minimum atomic E-state index is 0.792. The standard InChI is InChI=1S/C14H19NO/c1-10-3-2-6-15-14(10)16-9-13-8-11-4-5-12(13)7-11/h2-3,6,11-13H,4-5,7-9H2,1H3. The lowest BCUT2D eigenvalue weighted by atomic mass is 9.90. The molecule has 1 aromatic rings. The lowest BCUT2D eigenvalue weighted by Gasteiger charge is -2.21. The molecule has 2 aliphatic carbocycles. The maximum absolute atomic E-state index is 5.86. The van der Waals surface area contributed by atoms with Gasteiger partial charge in [0.2, 0.25) is 5.88 Å². The van der Waals surface area contributed by atoms with Crippen molar-refractivity contribution in [3.8, 4) is 5.88 Å². The van der Waals surface area contributed by atoms with Crippen molar-refractivity contribution < 1.29 is 4.74 Å². The molecule has 2 saturated carbocycles. The summed E-state index contributed by atoms with van der Waals surface area (Å²) in [6.07, 6.45) is 7.54. The molecule has 3 atom stereocenters. The Labute approximate surface area is 97.0 Å². The van der Waals surface area contributed by atoms with Crippen LogP contribution in [0.25, 0.3) is 0 Å². The van der Waals surface area contributed by atoms with Gasteiger partial charge in [0, 0.05) is 11.8 Å². The van der Waals surface area contributed by atoms with Crippen molar-refractivity contribution in [3.05, 3.63) is 23.9 Å². The van der Waals surface area contributed by atoms with Gasteiger partial charge in [0.15, 0.2) is 0 Å². The predicted molar refractivity (Wildman–Crippen MR) is 63.4 cm³/mol. The van der Waals surface area contributed by atoms with Gasteiger partial charge in [-0.25, -0.2) is 4.98 Å². The van der Waals surface area contributed by atoms with Crippen LogP contribution in [0.2, 0.25) is 0 Å². The molecule has 0 N–H and O–H groups in total. The zero-order valence-corrected chi connectivity index (χ0v) is 9.86. The Kier molecular flexibility index (Phi) is 2.58. The van der Waals surface area contributed by atoms with E-state index in [0.717, 1.165) is 35.8 Å². The molecule has 2 aliphatic rings. The minimum absolute atomic E-state index is 0.792. The molecule has 1 heterocycles. The summed E-state index contributed by atoms with van der Waals surface area (Å²) in [4.78, 5) is 4.28. The van der Waals surface area contributed by atoms with Gasteiger partial charge in [0.1, 0.15) is 0 Å². The van der Waals surface area contributed by atoms with Gasteiger partial charge in [0.05, 0.1) is 6.61 Å². The van der Waals surface area contributed by atoms with Crippen LogP contribution in [-0.2, 0) is 0 Å². The second-order valence-electron chi connectivity index (χ2n) is 5.37. The molecule has 0 amide bonds. The van der Waals surface area contributed by atoms with Crippen LogP contribution in [0.15, 0.2) is 18.3 Å². The van der Waals surface area contributed by atoms with Crippen LogP contribution in [0.4, 0.5) is 0 Å². The summed E-state index contributed by atoms with van der Waals surface area (Å²) in [5.41, 5.74) is 1.14. The van der Waals surface area contributed by atoms with E-state index in [2.05, 4.69) is 18.0 Å². The van der Waals surface area contributed by atoms with Crippen molar-refractivity contribution >= 4 is 0 Å². The number of hydrogen-bond acceptors (Lipinski definition) is 2. The summed E-state index contributed by atoms with van der Waals surface area (Å²) in [6.45, 7) is 2.93. The molecule has 16 heavy (non-hydrogen) atoms. The summed E-state index contributed by atoms with van der Waals surface area (Å²) in [7, 11) is 0. The van der Waals surface area contributed by atoms with Crippen molar-refractivity contribution in [2.24, 2.45) is 17.8 Å². The van der Waals surface area contributed by atoms with Crippen molar-refractivity contribution in [2.75, 3.05) is 6.61 Å². The monoisotopic (exact) mass is 217 g/mol. The quantitative estimate of drug-likeness (QED) is 0.775. The van der Waals surface area contributed by atoms with E-state index in [1.54, 1.807) is 0 Å². The lowest BCUT2D eigenvalue weighted by molar-refractivity contribution is 0.189. The van der Waals surface area contributed by atoms with Crippen LogP contribution < -0.4 is 4.74 Å². The Bertz CT molecular complexity index is 377. The van der Waals surface area contributed by atoms with E-state index in [-0.39, 0.29) is 0 Å². The number of fused-ring (bicyclic) bond motifs is 2. The number of aromatic nitrogens is 1. The maximum atomic E-state index is 5.86. The normalized spacial score (nSPS) is 31.9. The Morgan fingerprint density at radius 3 is 3.00 bits per heavy atom. The minimum Gasteiger partial charge on any atom is -0.477 e. The highest BCUT2D eigenvalue weighted by atomic mass is 16.5. The molecule has 0 aliphatic heterocycles. The van der Waals surface area contributed by atoms with Gasteiger partial charge >= 0.3 is 0 Å². The van der Waals surface area contributed by atoms with E-state index in [9.17, 15) is 0 Å². The number of aryl methyl sites for hydroxylation is 1. The average Bonchev–Trinajstić information content (AvgIpc) is 2.90. The smallest absolute Gasteiger partial charge is 0.216 e. The number of pyridine rings is 1. The van der Waals surface area contributed by atoms with Gasteiger partial charge in [0.25, 0.3) is 0 Å². The fourth-order valence-electron chi connectivity index (χ4n) is 3.39. The SMILES string of the molecule is Cc1cccnc1OCC1CC2CCC1C2. The average molecular weight is 217 g/mol. The molecule has 1 aromatic heterocycles. The van der Waals surface area contributed by atoms with Crippen molar-refractivity contribution in [2.45, 2.75) is 32.6 Å². The topological polar surface area (TPSA) is 22.1 Å². The first-order valence-electron chi connectivity index (χ1n) is 6.37. The molecule has 0 saturated heterocycles. The van der Waals surface area contributed by atoms with E-state index in [1.807, 2.05) is 12.3 Å². The molecule has 86 valence electrons. The van der Waals surface area contributed by atoms with E-state index in [0.29, 0.717) is 0 Å². The maximum Gasteiger partial charge on any atom is 0.216 e. The second-order valence-corrected chi connectivity index (χ2v) is 5.37. The zero-order chi connectivity index (χ0) is 11.0. The fraction of sp³-hybridized carbons (Fsp3) is 0.643. The Morgan fingerprint density at radius 2 is 2.31 bits per heavy atom. The molecular weight excluding hydrogens is 198 g/mol. The molecule has 2 heteroatoms. The van der Waals surface area contributed by atoms with Crippen LogP contribution in [0.1, 0.15) is 31.2 Å². The van der Waals surface area contributed by atoms with Gasteiger partial charge in [-0.1, -0.05) is 12.5 Å². The molecule has 3 rings (SSSR count). The van der Waals surface area contributed by atoms with Gasteiger partial charge in [-0.3, -0.25) is 0 Å². The summed E-state index contributed by atoms with van der Waals surface area (Å²) in [6, 6.07) is 4.02.